The van der Waals surface area contributed by atoms with Gasteiger partial charge in [0.2, 0.25) is 15.9 Å². The number of nitrogens with one attached hydrogen (secondary N) is 2. The van der Waals surface area contributed by atoms with Gasteiger partial charge in [0.15, 0.2) is 0 Å². The molecule has 1 unspecified atom stereocenters. The lowest BCUT2D eigenvalue weighted by atomic mass is 10.1. The Labute approximate surface area is 182 Å². The van der Waals surface area contributed by atoms with Gasteiger partial charge in [0.05, 0.1) is 16.3 Å². The Hall–Kier alpha value is -2.71. The second kappa shape index (κ2) is 8.43. The molecule has 0 saturated heterocycles. The Balaban J connectivity index is 1.71. The summed E-state index contributed by atoms with van der Waals surface area (Å²) in [5.41, 5.74) is 2.02. The Morgan fingerprint density at radius 2 is 1.84 bits per heavy atom. The van der Waals surface area contributed by atoms with Crippen molar-refractivity contribution in [1.82, 2.24) is 4.72 Å². The predicted octanol–water partition coefficient (Wildman–Crippen LogP) is 3.59. The van der Waals surface area contributed by atoms with Crippen LogP contribution in [-0.2, 0) is 14.8 Å². The molecule has 8 heteroatoms. The molecule has 164 valence electrons. The van der Waals surface area contributed by atoms with E-state index >= 15 is 0 Å². The summed E-state index contributed by atoms with van der Waals surface area (Å²) < 4.78 is 28.9. The van der Waals surface area contributed by atoms with Crippen LogP contribution in [0, 0.1) is 6.92 Å². The van der Waals surface area contributed by atoms with E-state index in [1.54, 1.807) is 48.2 Å². The van der Waals surface area contributed by atoms with Gasteiger partial charge in [0, 0.05) is 24.1 Å². The SMILES string of the molecule is Cc1ccc(C(=O)N2c3ccccc3NC(=O)CC2C)cc1S(=O)(=O)NC1CCCC1. The van der Waals surface area contributed by atoms with Crippen molar-refractivity contribution >= 4 is 33.2 Å². The second-order valence-electron chi connectivity index (χ2n) is 8.38. The van der Waals surface area contributed by atoms with Crippen LogP contribution in [0.2, 0.25) is 0 Å². The minimum absolute atomic E-state index is 0.0571. The first kappa shape index (κ1) is 21.5. The monoisotopic (exact) mass is 441 g/mol. The summed E-state index contributed by atoms with van der Waals surface area (Å²) in [4.78, 5) is 27.4. The topological polar surface area (TPSA) is 95.6 Å². The average Bonchev–Trinajstić information content (AvgIpc) is 3.17. The standard InChI is InChI=1S/C23H27N3O4S/c1-15-11-12-17(14-21(15)31(29,30)25-18-7-3-4-8-18)23(28)26-16(2)13-22(27)24-19-9-5-6-10-20(19)26/h5-6,9-12,14,16,18,25H,3-4,7-8,13H2,1-2H3,(H,24,27). The summed E-state index contributed by atoms with van der Waals surface area (Å²) in [7, 11) is -3.74. The van der Waals surface area contributed by atoms with Gasteiger partial charge in [-0.3, -0.25) is 9.59 Å². The van der Waals surface area contributed by atoms with Crippen LogP contribution in [0.3, 0.4) is 0 Å². The number of nitrogens with zero attached hydrogens (tertiary/aromatic N) is 1. The molecule has 4 rings (SSSR count). The second-order valence-corrected chi connectivity index (χ2v) is 10.1. The molecule has 2 aliphatic rings. The average molecular weight is 442 g/mol. The lowest BCUT2D eigenvalue weighted by molar-refractivity contribution is -0.116. The number of aryl methyl sites for hydroxylation is 1. The number of benzene rings is 2. The van der Waals surface area contributed by atoms with Crippen LogP contribution in [0.4, 0.5) is 11.4 Å². The van der Waals surface area contributed by atoms with E-state index in [-0.39, 0.29) is 40.8 Å². The van der Waals surface area contributed by atoms with Crippen LogP contribution in [0.15, 0.2) is 47.4 Å². The molecule has 2 aromatic carbocycles. The van der Waals surface area contributed by atoms with Crippen molar-refractivity contribution in [2.75, 3.05) is 10.2 Å². The summed E-state index contributed by atoms with van der Waals surface area (Å²) in [6.45, 7) is 3.54. The highest BCUT2D eigenvalue weighted by Crippen LogP contribution is 2.33. The minimum Gasteiger partial charge on any atom is -0.324 e. The Morgan fingerprint density at radius 3 is 2.58 bits per heavy atom. The molecule has 0 radical (unpaired) electrons. The molecule has 1 saturated carbocycles. The largest absolute Gasteiger partial charge is 0.324 e. The molecule has 1 aliphatic heterocycles. The summed E-state index contributed by atoms with van der Waals surface area (Å²) >= 11 is 0. The van der Waals surface area contributed by atoms with Gasteiger partial charge in [0.1, 0.15) is 0 Å². The Kier molecular flexibility index (Phi) is 5.85. The molecule has 0 bridgehead atoms. The highest BCUT2D eigenvalue weighted by molar-refractivity contribution is 7.89. The van der Waals surface area contributed by atoms with E-state index in [1.165, 1.54) is 6.07 Å². The first-order chi connectivity index (χ1) is 14.8. The van der Waals surface area contributed by atoms with E-state index < -0.39 is 10.0 Å². The van der Waals surface area contributed by atoms with E-state index in [2.05, 4.69) is 10.0 Å². The van der Waals surface area contributed by atoms with Crippen LogP contribution < -0.4 is 14.9 Å². The number of hydrogen-bond donors (Lipinski definition) is 2. The number of fused-ring (bicyclic) bond motifs is 1. The molecule has 1 heterocycles. The highest BCUT2D eigenvalue weighted by atomic mass is 32.2. The maximum atomic E-state index is 13.5. The van der Waals surface area contributed by atoms with Gasteiger partial charge in [0.25, 0.3) is 5.91 Å². The van der Waals surface area contributed by atoms with Crippen molar-refractivity contribution < 1.29 is 18.0 Å². The van der Waals surface area contributed by atoms with Gasteiger partial charge < -0.3 is 10.2 Å². The number of para-hydroxylation sites is 2. The van der Waals surface area contributed by atoms with Gasteiger partial charge in [-0.15, -0.1) is 0 Å². The number of amides is 2. The number of sulfonamides is 1. The Bertz CT molecular complexity index is 1120. The molecule has 1 atom stereocenters. The van der Waals surface area contributed by atoms with E-state index in [0.717, 1.165) is 25.7 Å². The maximum absolute atomic E-state index is 13.5. The van der Waals surface area contributed by atoms with E-state index in [4.69, 9.17) is 0 Å². The van der Waals surface area contributed by atoms with Crippen molar-refractivity contribution in [3.05, 3.63) is 53.6 Å². The zero-order valence-corrected chi connectivity index (χ0v) is 18.5. The molecule has 7 nitrogen and oxygen atoms in total. The van der Waals surface area contributed by atoms with Crippen molar-refractivity contribution in [3.63, 3.8) is 0 Å². The van der Waals surface area contributed by atoms with Crippen molar-refractivity contribution in [2.45, 2.75) is 62.9 Å². The lowest BCUT2D eigenvalue weighted by Gasteiger charge is -2.28. The molecular formula is C23H27N3O4S. The fourth-order valence-electron chi connectivity index (χ4n) is 4.39. The summed E-state index contributed by atoms with van der Waals surface area (Å²) in [5.74, 6) is -0.503. The molecule has 2 aromatic rings. The van der Waals surface area contributed by atoms with Crippen LogP contribution in [0.25, 0.3) is 0 Å². The van der Waals surface area contributed by atoms with Crippen molar-refractivity contribution in [1.29, 1.82) is 0 Å². The quantitative estimate of drug-likeness (QED) is 0.758. The molecule has 1 fully saturated rings. The third-order valence-corrected chi connectivity index (χ3v) is 7.64. The predicted molar refractivity (Wildman–Crippen MR) is 120 cm³/mol. The summed E-state index contributed by atoms with van der Waals surface area (Å²) in [6.07, 6.45) is 3.86. The molecule has 0 aromatic heterocycles. The van der Waals surface area contributed by atoms with E-state index in [9.17, 15) is 18.0 Å². The van der Waals surface area contributed by atoms with Crippen molar-refractivity contribution in [2.24, 2.45) is 0 Å². The van der Waals surface area contributed by atoms with Gasteiger partial charge in [-0.25, -0.2) is 13.1 Å². The Morgan fingerprint density at radius 1 is 1.13 bits per heavy atom. The fourth-order valence-corrected chi connectivity index (χ4v) is 5.96. The zero-order valence-electron chi connectivity index (χ0n) is 17.7. The van der Waals surface area contributed by atoms with E-state index in [0.29, 0.717) is 16.9 Å². The molecule has 31 heavy (non-hydrogen) atoms. The van der Waals surface area contributed by atoms with Crippen LogP contribution in [0.5, 0.6) is 0 Å². The van der Waals surface area contributed by atoms with Gasteiger partial charge >= 0.3 is 0 Å². The lowest BCUT2D eigenvalue weighted by Crippen LogP contribution is -2.39. The number of rotatable bonds is 4. The highest BCUT2D eigenvalue weighted by Gasteiger charge is 2.31. The molecule has 0 spiro atoms. The van der Waals surface area contributed by atoms with Gasteiger partial charge in [-0.05, 0) is 56.5 Å². The fraction of sp³-hybridized carbons (Fsp3) is 0.391. The molecule has 1 aliphatic carbocycles. The van der Waals surface area contributed by atoms with Crippen LogP contribution in [0.1, 0.15) is 54.9 Å². The number of anilines is 2. The normalized spacial score (nSPS) is 19.6. The number of hydrogen-bond acceptors (Lipinski definition) is 4. The first-order valence-corrected chi connectivity index (χ1v) is 12.1. The van der Waals surface area contributed by atoms with Crippen molar-refractivity contribution in [3.8, 4) is 0 Å². The van der Waals surface area contributed by atoms with Gasteiger partial charge in [-0.2, -0.15) is 0 Å². The summed E-state index contributed by atoms with van der Waals surface area (Å²) in [5, 5.41) is 2.84. The first-order valence-electron chi connectivity index (χ1n) is 10.6. The van der Waals surface area contributed by atoms with Crippen LogP contribution >= 0.6 is 0 Å². The third-order valence-electron chi connectivity index (χ3n) is 5.98. The van der Waals surface area contributed by atoms with Crippen LogP contribution in [-0.4, -0.2) is 32.3 Å². The molecule has 2 N–H and O–H groups in total. The maximum Gasteiger partial charge on any atom is 0.258 e. The van der Waals surface area contributed by atoms with Gasteiger partial charge in [-0.1, -0.05) is 31.0 Å². The van der Waals surface area contributed by atoms with E-state index in [1.807, 2.05) is 6.92 Å². The number of carbonyl (C=O) groups is 2. The summed E-state index contributed by atoms with van der Waals surface area (Å²) in [6, 6.07) is 11.4. The smallest absolute Gasteiger partial charge is 0.258 e. The zero-order chi connectivity index (χ0) is 22.2. The molecule has 2 amide bonds. The number of carbonyl (C=O) groups excluding carboxylic acids is 2. The molecular weight excluding hydrogens is 414 g/mol. The minimum atomic E-state index is -3.74. The third kappa shape index (κ3) is 4.36.